The Balaban J connectivity index is 0.000000427. The average Bonchev–Trinajstić information content (AvgIpc) is 3.24. The largest absolute Gasteiger partial charge is 0.726 e. The van der Waals surface area contributed by atoms with Gasteiger partial charge in [0.05, 0.1) is 33.2 Å². The number of hydrogen-bond acceptors (Lipinski definition) is 8. The lowest BCUT2D eigenvalue weighted by molar-refractivity contribution is -0.634. The Kier molecular flexibility index (Phi) is 6.33. The predicted octanol–water partition coefficient (Wildman–Crippen LogP) is 1.92. The van der Waals surface area contributed by atoms with Gasteiger partial charge in [-0.15, -0.1) is 0 Å². The minimum atomic E-state index is -4.41. The maximum Gasteiger partial charge on any atom is 0.325 e. The number of fused-ring (bicyclic) bond motifs is 2. The zero-order valence-electron chi connectivity index (χ0n) is 18.0. The van der Waals surface area contributed by atoms with E-state index in [1.807, 2.05) is 53.6 Å². The number of sulfone groups is 1. The number of aromatic nitrogens is 2. The van der Waals surface area contributed by atoms with Crippen LogP contribution in [0.15, 0.2) is 51.8 Å². The highest BCUT2D eigenvalue weighted by Crippen LogP contribution is 2.30. The van der Waals surface area contributed by atoms with E-state index in [1.165, 1.54) is 6.26 Å². The van der Waals surface area contributed by atoms with Crippen molar-refractivity contribution < 1.29 is 39.3 Å². The minimum absolute atomic E-state index is 0.298. The van der Waals surface area contributed by atoms with Gasteiger partial charge in [0, 0.05) is 29.8 Å². The molecule has 0 aliphatic heterocycles. The normalized spacial score (nSPS) is 12.1. The molecule has 4 aromatic rings. The van der Waals surface area contributed by atoms with Crippen molar-refractivity contribution in [3.8, 4) is 17.3 Å². The van der Waals surface area contributed by atoms with Crippen molar-refractivity contribution in [3.63, 3.8) is 0 Å². The molecular weight excluding hydrogens is 460 g/mol. The van der Waals surface area contributed by atoms with Crippen molar-refractivity contribution in [3.05, 3.63) is 42.5 Å². The van der Waals surface area contributed by atoms with Crippen LogP contribution in [0.5, 0.6) is 5.75 Å². The van der Waals surface area contributed by atoms with Crippen molar-refractivity contribution in [2.24, 2.45) is 14.1 Å². The van der Waals surface area contributed by atoms with Crippen LogP contribution < -0.4 is 9.30 Å². The van der Waals surface area contributed by atoms with Crippen molar-refractivity contribution in [2.45, 2.75) is 4.90 Å². The van der Waals surface area contributed by atoms with Crippen LogP contribution in [0.4, 0.5) is 0 Å². The summed E-state index contributed by atoms with van der Waals surface area (Å²) in [5.41, 5.74) is 2.48. The number of methoxy groups -OCH3 is 1. The number of benzene rings is 2. The monoisotopic (exact) mass is 482 g/mol. The molecule has 12 heteroatoms. The smallest absolute Gasteiger partial charge is 0.325 e. The van der Waals surface area contributed by atoms with E-state index in [0.717, 1.165) is 40.7 Å². The van der Waals surface area contributed by atoms with Crippen LogP contribution in [-0.2, 0) is 38.5 Å². The van der Waals surface area contributed by atoms with Gasteiger partial charge in [0.15, 0.2) is 20.9 Å². The average molecular weight is 483 g/mol. The Morgan fingerprint density at radius 2 is 1.69 bits per heavy atom. The Morgan fingerprint density at radius 3 is 2.25 bits per heavy atom. The maximum atomic E-state index is 11.9. The molecule has 172 valence electrons. The van der Waals surface area contributed by atoms with Gasteiger partial charge in [0.1, 0.15) is 11.3 Å². The Labute approximate surface area is 185 Å². The zero-order chi connectivity index (χ0) is 23.8. The Bertz CT molecular complexity index is 1520. The second kappa shape index (κ2) is 8.54. The number of nitrogens with zero attached hydrogens (tertiary/aromatic N) is 2. The van der Waals surface area contributed by atoms with E-state index < -0.39 is 20.2 Å². The van der Waals surface area contributed by atoms with E-state index in [9.17, 15) is 21.4 Å². The van der Waals surface area contributed by atoms with E-state index in [0.29, 0.717) is 10.7 Å². The fraction of sp³-hybridized carbons (Fsp3) is 0.250. The summed E-state index contributed by atoms with van der Waals surface area (Å²) in [7, 11) is -1.42. The van der Waals surface area contributed by atoms with Gasteiger partial charge in [-0.2, -0.15) is 0 Å². The van der Waals surface area contributed by atoms with Gasteiger partial charge >= 0.3 is 5.82 Å². The third kappa shape index (κ3) is 4.78. The molecule has 2 heterocycles. The summed E-state index contributed by atoms with van der Waals surface area (Å²) >= 11 is 0. The van der Waals surface area contributed by atoms with Crippen molar-refractivity contribution in [1.82, 2.24) is 4.57 Å². The molecule has 10 nitrogen and oxygen atoms in total. The summed E-state index contributed by atoms with van der Waals surface area (Å²) in [5.74, 6) is 2.29. The van der Waals surface area contributed by atoms with Crippen molar-refractivity contribution in [1.29, 1.82) is 0 Å². The summed E-state index contributed by atoms with van der Waals surface area (Å²) in [6, 6.07) is 12.8. The second-order valence-corrected chi connectivity index (χ2v) is 10.1. The minimum Gasteiger partial charge on any atom is -0.726 e. The van der Waals surface area contributed by atoms with E-state index in [2.05, 4.69) is 4.18 Å². The molecule has 0 saturated carbocycles. The third-order valence-electron chi connectivity index (χ3n) is 4.88. The fourth-order valence-corrected chi connectivity index (χ4v) is 3.96. The van der Waals surface area contributed by atoms with Crippen LogP contribution in [-0.4, -0.2) is 46.4 Å². The van der Waals surface area contributed by atoms with Gasteiger partial charge < -0.3 is 13.7 Å². The second-order valence-electron chi connectivity index (χ2n) is 6.95. The molecule has 0 amide bonds. The summed E-state index contributed by atoms with van der Waals surface area (Å²) in [6.45, 7) is 0. The molecule has 2 aromatic heterocycles. The number of aryl methyl sites for hydroxylation is 2. The standard InChI is InChI=1S/C19H19N2O4S.CH4O4S/c1-20-15-8-7-14(26(4,22)23)11-16(15)21(2)19(20)18-9-12-5-6-13(24-3)10-17(12)25-18;1-5-6(2,3)4/h5-11H,1-4H3;1H3,(H,2,3,4)/q+1;/p-1. The Hall–Kier alpha value is -2.93. The molecule has 0 radical (unpaired) electrons. The summed E-state index contributed by atoms with van der Waals surface area (Å²) in [5, 5.41) is 0.975. The highest BCUT2D eigenvalue weighted by Gasteiger charge is 2.26. The molecule has 0 bridgehead atoms. The molecule has 0 aliphatic carbocycles. The highest BCUT2D eigenvalue weighted by molar-refractivity contribution is 7.90. The Morgan fingerprint density at radius 1 is 1.03 bits per heavy atom. The van der Waals surface area contributed by atoms with E-state index in [1.54, 1.807) is 19.2 Å². The molecule has 4 rings (SSSR count). The summed E-state index contributed by atoms with van der Waals surface area (Å²) < 4.78 is 70.0. The lowest BCUT2D eigenvalue weighted by Crippen LogP contribution is -2.29. The van der Waals surface area contributed by atoms with E-state index in [-0.39, 0.29) is 0 Å². The molecule has 0 fully saturated rings. The number of rotatable bonds is 4. The van der Waals surface area contributed by atoms with Gasteiger partial charge in [-0.05, 0) is 24.3 Å². The summed E-state index contributed by atoms with van der Waals surface area (Å²) in [6.07, 6.45) is 1.21. The first-order chi connectivity index (χ1) is 14.9. The van der Waals surface area contributed by atoms with Crippen molar-refractivity contribution in [2.75, 3.05) is 20.5 Å². The zero-order valence-corrected chi connectivity index (χ0v) is 19.7. The van der Waals surface area contributed by atoms with Crippen LogP contribution >= 0.6 is 0 Å². The highest BCUT2D eigenvalue weighted by atomic mass is 32.3. The van der Waals surface area contributed by atoms with Gasteiger partial charge in [-0.3, -0.25) is 4.18 Å². The molecule has 0 N–H and O–H groups in total. The first-order valence-corrected chi connectivity index (χ1v) is 12.4. The van der Waals surface area contributed by atoms with E-state index in [4.69, 9.17) is 9.15 Å². The fourth-order valence-electron chi connectivity index (χ4n) is 3.32. The molecule has 0 saturated heterocycles. The number of imidazole rings is 1. The van der Waals surface area contributed by atoms with Crippen LogP contribution in [0.2, 0.25) is 0 Å². The molecule has 0 atom stereocenters. The molecule has 0 spiro atoms. The number of ether oxygens (including phenoxy) is 1. The van der Waals surface area contributed by atoms with E-state index >= 15 is 0 Å². The van der Waals surface area contributed by atoms with Crippen LogP contribution in [0, 0.1) is 0 Å². The lowest BCUT2D eigenvalue weighted by Gasteiger charge is -1.98. The SMILES string of the molecule is COS(=O)(=O)[O-].COc1ccc2cc(-c3n(C)c4cc(S(C)(=O)=O)ccc4[n+]3C)oc2c1. The number of hydrogen-bond donors (Lipinski definition) is 0. The number of furan rings is 1. The molecule has 32 heavy (non-hydrogen) atoms. The van der Waals surface area contributed by atoms with Gasteiger partial charge in [-0.25, -0.2) is 26.0 Å². The quantitative estimate of drug-likeness (QED) is 0.245. The predicted molar refractivity (Wildman–Crippen MR) is 116 cm³/mol. The molecule has 0 unspecified atom stereocenters. The summed E-state index contributed by atoms with van der Waals surface area (Å²) in [4.78, 5) is 0.298. The molecule has 0 aliphatic rings. The van der Waals surface area contributed by atoms with Gasteiger partial charge in [0.2, 0.25) is 16.2 Å². The first-order valence-electron chi connectivity index (χ1n) is 9.13. The first kappa shape index (κ1) is 23.7. The van der Waals surface area contributed by atoms with Crippen LogP contribution in [0.1, 0.15) is 0 Å². The van der Waals surface area contributed by atoms with Gasteiger partial charge in [0.25, 0.3) is 0 Å². The molecule has 2 aromatic carbocycles. The molecular formula is C20H22N2O8S2. The van der Waals surface area contributed by atoms with Crippen LogP contribution in [0.25, 0.3) is 33.6 Å². The van der Waals surface area contributed by atoms with Gasteiger partial charge in [-0.1, -0.05) is 0 Å². The third-order valence-corrected chi connectivity index (χ3v) is 6.40. The lowest BCUT2D eigenvalue weighted by atomic mass is 10.2. The maximum absolute atomic E-state index is 11.9. The topological polar surface area (TPSA) is 132 Å². The van der Waals surface area contributed by atoms with Crippen molar-refractivity contribution >= 4 is 42.2 Å². The van der Waals surface area contributed by atoms with Crippen LogP contribution in [0.3, 0.4) is 0 Å².